The molecule has 1 heterocycles. The molecule has 2 aromatic rings. The molecule has 0 aliphatic carbocycles. The smallest absolute Gasteiger partial charge is 0.267 e. The number of ether oxygens (including phenoxy) is 2. The predicted octanol–water partition coefficient (Wildman–Crippen LogP) is 3.37. The van der Waals surface area contributed by atoms with Crippen LogP contribution in [0.15, 0.2) is 41.2 Å². The van der Waals surface area contributed by atoms with Gasteiger partial charge in [-0.25, -0.2) is 4.98 Å². The zero-order valence-corrected chi connectivity index (χ0v) is 12.0. The molecule has 0 bridgehead atoms. The first kappa shape index (κ1) is 14.8. The maximum Gasteiger partial charge on any atom is 0.267 e. The van der Waals surface area contributed by atoms with E-state index in [1.807, 2.05) is 25.1 Å². The van der Waals surface area contributed by atoms with Gasteiger partial charge in [0.2, 0.25) is 5.78 Å². The lowest BCUT2D eigenvalue weighted by Gasteiger charge is -2.10. The summed E-state index contributed by atoms with van der Waals surface area (Å²) in [5, 5.41) is 0. The summed E-state index contributed by atoms with van der Waals surface area (Å²) < 4.78 is 15.8. The van der Waals surface area contributed by atoms with Gasteiger partial charge in [0, 0.05) is 0 Å². The van der Waals surface area contributed by atoms with Crippen LogP contribution in [-0.4, -0.2) is 24.5 Å². The van der Waals surface area contributed by atoms with Gasteiger partial charge in [-0.2, -0.15) is 0 Å². The highest BCUT2D eigenvalue weighted by molar-refractivity contribution is 6.03. The van der Waals surface area contributed by atoms with E-state index in [2.05, 4.69) is 4.98 Å². The molecular formula is C16H17NO4. The quantitative estimate of drug-likeness (QED) is 0.577. The third-order valence-corrected chi connectivity index (χ3v) is 2.72. The predicted molar refractivity (Wildman–Crippen MR) is 78.6 cm³/mol. The Morgan fingerprint density at radius 3 is 2.90 bits per heavy atom. The van der Waals surface area contributed by atoms with Gasteiger partial charge in [-0.15, -0.1) is 0 Å². The van der Waals surface area contributed by atoms with Gasteiger partial charge in [-0.05, 0) is 30.2 Å². The summed E-state index contributed by atoms with van der Waals surface area (Å²) in [6.07, 6.45) is 6.81. The van der Waals surface area contributed by atoms with Gasteiger partial charge in [0.25, 0.3) is 5.89 Å². The normalized spacial score (nSPS) is 10.8. The molecule has 110 valence electrons. The van der Waals surface area contributed by atoms with E-state index in [4.69, 9.17) is 13.9 Å². The molecule has 0 atom stereocenters. The monoisotopic (exact) mass is 287 g/mol. The van der Waals surface area contributed by atoms with E-state index in [0.717, 1.165) is 12.0 Å². The lowest BCUT2D eigenvalue weighted by molar-refractivity contribution is 0.101. The Kier molecular flexibility index (Phi) is 5.15. The summed E-state index contributed by atoms with van der Waals surface area (Å²) in [4.78, 5) is 15.5. The average molecular weight is 287 g/mol. The number of benzene rings is 1. The zero-order valence-electron chi connectivity index (χ0n) is 12.0. The molecule has 0 radical (unpaired) electrons. The van der Waals surface area contributed by atoms with Crippen molar-refractivity contribution in [2.24, 2.45) is 0 Å². The molecule has 0 saturated carbocycles. The Balaban J connectivity index is 2.11. The van der Waals surface area contributed by atoms with Crippen molar-refractivity contribution in [3.8, 4) is 11.5 Å². The van der Waals surface area contributed by atoms with E-state index < -0.39 is 0 Å². The van der Waals surface area contributed by atoms with Crippen LogP contribution in [0.1, 0.15) is 29.6 Å². The maximum atomic E-state index is 11.7. The minimum Gasteiger partial charge on any atom is -0.493 e. The van der Waals surface area contributed by atoms with E-state index in [-0.39, 0.29) is 11.7 Å². The number of ketones is 1. The SMILES string of the molecule is CCCOc1ccc(/C=C/C(=O)c2ncco2)cc1OC. The van der Waals surface area contributed by atoms with E-state index in [1.54, 1.807) is 13.2 Å². The first-order valence-corrected chi connectivity index (χ1v) is 6.67. The first-order valence-electron chi connectivity index (χ1n) is 6.67. The Labute approximate surface area is 123 Å². The second kappa shape index (κ2) is 7.28. The number of hydrogen-bond donors (Lipinski definition) is 0. The molecule has 2 rings (SSSR count). The van der Waals surface area contributed by atoms with Crippen LogP contribution in [0.4, 0.5) is 0 Å². The Morgan fingerprint density at radius 1 is 1.38 bits per heavy atom. The zero-order chi connectivity index (χ0) is 15.1. The van der Waals surface area contributed by atoms with Crippen molar-refractivity contribution in [1.29, 1.82) is 0 Å². The van der Waals surface area contributed by atoms with Crippen molar-refractivity contribution < 1.29 is 18.7 Å². The molecule has 1 aromatic heterocycles. The van der Waals surface area contributed by atoms with Crippen LogP contribution in [0, 0.1) is 0 Å². The molecule has 1 aromatic carbocycles. The van der Waals surface area contributed by atoms with E-state index >= 15 is 0 Å². The van der Waals surface area contributed by atoms with Gasteiger partial charge in [0.1, 0.15) is 6.26 Å². The molecule has 21 heavy (non-hydrogen) atoms. The van der Waals surface area contributed by atoms with E-state index in [0.29, 0.717) is 18.1 Å². The molecular weight excluding hydrogens is 270 g/mol. The number of carbonyl (C=O) groups excluding carboxylic acids is 1. The van der Waals surface area contributed by atoms with Gasteiger partial charge in [0.15, 0.2) is 11.5 Å². The Bertz CT molecular complexity index is 617. The topological polar surface area (TPSA) is 61.6 Å². The lowest BCUT2D eigenvalue weighted by atomic mass is 10.1. The van der Waals surface area contributed by atoms with Crippen LogP contribution in [0.3, 0.4) is 0 Å². The molecule has 5 heteroatoms. The number of oxazole rings is 1. The summed E-state index contributed by atoms with van der Waals surface area (Å²) in [5.74, 6) is 1.11. The largest absolute Gasteiger partial charge is 0.493 e. The molecule has 0 unspecified atom stereocenters. The van der Waals surface area contributed by atoms with Crippen molar-refractivity contribution in [3.05, 3.63) is 48.2 Å². The van der Waals surface area contributed by atoms with Crippen LogP contribution in [0.5, 0.6) is 11.5 Å². The summed E-state index contributed by atoms with van der Waals surface area (Å²) in [6, 6.07) is 5.49. The van der Waals surface area contributed by atoms with Crippen molar-refractivity contribution >= 4 is 11.9 Å². The van der Waals surface area contributed by atoms with Gasteiger partial charge in [0.05, 0.1) is 19.9 Å². The fourth-order valence-electron chi connectivity index (χ4n) is 1.71. The molecule has 0 amide bonds. The molecule has 0 aliphatic heterocycles. The van der Waals surface area contributed by atoms with Crippen LogP contribution in [-0.2, 0) is 0 Å². The van der Waals surface area contributed by atoms with E-state index in [9.17, 15) is 4.79 Å². The second-order valence-corrected chi connectivity index (χ2v) is 4.29. The molecule has 0 fully saturated rings. The minimum absolute atomic E-state index is 0.0705. The van der Waals surface area contributed by atoms with Crippen LogP contribution >= 0.6 is 0 Å². The average Bonchev–Trinajstić information content (AvgIpc) is 3.05. The van der Waals surface area contributed by atoms with Gasteiger partial charge >= 0.3 is 0 Å². The Hall–Kier alpha value is -2.56. The number of nitrogens with zero attached hydrogens (tertiary/aromatic N) is 1. The summed E-state index contributed by atoms with van der Waals surface area (Å²) in [7, 11) is 1.58. The molecule has 0 aliphatic rings. The highest BCUT2D eigenvalue weighted by Crippen LogP contribution is 2.28. The van der Waals surface area contributed by atoms with Crippen molar-refractivity contribution in [1.82, 2.24) is 4.98 Å². The number of hydrogen-bond acceptors (Lipinski definition) is 5. The van der Waals surface area contributed by atoms with Gasteiger partial charge in [-0.3, -0.25) is 4.79 Å². The number of methoxy groups -OCH3 is 1. The first-order chi connectivity index (χ1) is 10.2. The number of aromatic nitrogens is 1. The van der Waals surface area contributed by atoms with Crippen molar-refractivity contribution in [2.45, 2.75) is 13.3 Å². The number of allylic oxidation sites excluding steroid dienone is 1. The van der Waals surface area contributed by atoms with E-state index in [1.165, 1.54) is 18.5 Å². The number of rotatable bonds is 7. The summed E-state index contributed by atoms with van der Waals surface area (Å²) in [6.45, 7) is 2.67. The minimum atomic E-state index is -0.287. The van der Waals surface area contributed by atoms with Crippen LogP contribution < -0.4 is 9.47 Å². The lowest BCUT2D eigenvalue weighted by Crippen LogP contribution is -1.98. The third-order valence-electron chi connectivity index (χ3n) is 2.72. The van der Waals surface area contributed by atoms with Crippen molar-refractivity contribution in [3.63, 3.8) is 0 Å². The fraction of sp³-hybridized carbons (Fsp3) is 0.250. The highest BCUT2D eigenvalue weighted by Gasteiger charge is 2.07. The Morgan fingerprint density at radius 2 is 2.24 bits per heavy atom. The highest BCUT2D eigenvalue weighted by atomic mass is 16.5. The van der Waals surface area contributed by atoms with Crippen molar-refractivity contribution in [2.75, 3.05) is 13.7 Å². The third kappa shape index (κ3) is 3.95. The summed E-state index contributed by atoms with van der Waals surface area (Å²) in [5.41, 5.74) is 0.829. The van der Waals surface area contributed by atoms with Gasteiger partial charge < -0.3 is 13.9 Å². The summed E-state index contributed by atoms with van der Waals surface area (Å²) >= 11 is 0. The van der Waals surface area contributed by atoms with Gasteiger partial charge in [-0.1, -0.05) is 19.1 Å². The molecule has 0 saturated heterocycles. The fourth-order valence-corrected chi connectivity index (χ4v) is 1.71. The number of carbonyl (C=O) groups is 1. The maximum absolute atomic E-state index is 11.7. The standard InChI is InChI=1S/C16H17NO4/c1-3-9-20-14-7-5-12(11-15(14)19-2)4-6-13(18)16-17-8-10-21-16/h4-8,10-11H,3,9H2,1-2H3/b6-4+. The molecule has 5 nitrogen and oxygen atoms in total. The van der Waals surface area contributed by atoms with Crippen LogP contribution in [0.2, 0.25) is 0 Å². The second-order valence-electron chi connectivity index (χ2n) is 4.29. The molecule has 0 spiro atoms. The van der Waals surface area contributed by atoms with Crippen LogP contribution in [0.25, 0.3) is 6.08 Å². The molecule has 0 N–H and O–H groups in total.